The van der Waals surface area contributed by atoms with Crippen LogP contribution in [0.4, 0.5) is 5.69 Å². The first-order valence-electron chi connectivity index (χ1n) is 4.89. The van der Waals surface area contributed by atoms with E-state index in [0.29, 0.717) is 13.2 Å². The molecule has 0 atom stereocenters. The summed E-state index contributed by atoms with van der Waals surface area (Å²) in [5.74, 6) is 0. The van der Waals surface area contributed by atoms with Crippen molar-refractivity contribution < 1.29 is 4.74 Å². The Morgan fingerprint density at radius 1 is 1.25 bits per heavy atom. The zero-order valence-electron chi connectivity index (χ0n) is 8.65. The summed E-state index contributed by atoms with van der Waals surface area (Å²) < 4.78 is 6.60. The van der Waals surface area contributed by atoms with Gasteiger partial charge in [0.1, 0.15) is 0 Å². The van der Waals surface area contributed by atoms with Gasteiger partial charge < -0.3 is 10.5 Å². The van der Waals surface area contributed by atoms with Gasteiger partial charge in [-0.1, -0.05) is 22.0 Å². The molecule has 0 saturated carbocycles. The summed E-state index contributed by atoms with van der Waals surface area (Å²) in [4.78, 5) is 1.24. The first-order chi connectivity index (χ1) is 7.74. The van der Waals surface area contributed by atoms with E-state index >= 15 is 0 Å². The maximum absolute atomic E-state index is 5.74. The van der Waals surface area contributed by atoms with Crippen molar-refractivity contribution >= 4 is 33.0 Å². The smallest absolute Gasteiger partial charge is 0.0813 e. The summed E-state index contributed by atoms with van der Waals surface area (Å²) >= 11 is 5.12. The Morgan fingerprint density at radius 3 is 2.81 bits per heavy atom. The number of ether oxygens (including phenoxy) is 1. The van der Waals surface area contributed by atoms with Gasteiger partial charge in [-0.3, -0.25) is 0 Å². The molecular weight excluding hydrogens is 286 g/mol. The SMILES string of the molecule is Nc1cc(Br)cc(COCc2cccs2)c1. The van der Waals surface area contributed by atoms with E-state index in [-0.39, 0.29) is 0 Å². The molecule has 1 heterocycles. The molecule has 0 spiro atoms. The molecule has 0 bridgehead atoms. The van der Waals surface area contributed by atoms with Crippen LogP contribution in [0.5, 0.6) is 0 Å². The summed E-state index contributed by atoms with van der Waals surface area (Å²) in [7, 11) is 0. The molecule has 2 aromatic rings. The number of halogens is 1. The van der Waals surface area contributed by atoms with Crippen LogP contribution in [0.2, 0.25) is 0 Å². The van der Waals surface area contributed by atoms with E-state index in [1.54, 1.807) is 11.3 Å². The first-order valence-corrected chi connectivity index (χ1v) is 6.56. The van der Waals surface area contributed by atoms with Crippen LogP contribution in [0, 0.1) is 0 Å². The standard InChI is InChI=1S/C12H12BrNOS/c13-10-4-9(5-11(14)6-10)7-15-8-12-2-1-3-16-12/h1-6H,7-8,14H2. The summed E-state index contributed by atoms with van der Waals surface area (Å²) in [6.45, 7) is 1.24. The minimum absolute atomic E-state index is 0.585. The largest absolute Gasteiger partial charge is 0.399 e. The summed E-state index contributed by atoms with van der Waals surface area (Å²) in [6, 6.07) is 9.92. The van der Waals surface area contributed by atoms with E-state index in [1.807, 2.05) is 24.3 Å². The van der Waals surface area contributed by atoms with Gasteiger partial charge in [0.05, 0.1) is 13.2 Å². The minimum atomic E-state index is 0.585. The highest BCUT2D eigenvalue weighted by molar-refractivity contribution is 9.10. The highest BCUT2D eigenvalue weighted by atomic mass is 79.9. The van der Waals surface area contributed by atoms with Crippen LogP contribution >= 0.6 is 27.3 Å². The molecule has 2 N–H and O–H groups in total. The molecule has 84 valence electrons. The van der Waals surface area contributed by atoms with E-state index in [9.17, 15) is 0 Å². The van der Waals surface area contributed by atoms with Crippen molar-refractivity contribution in [3.8, 4) is 0 Å². The fourth-order valence-electron chi connectivity index (χ4n) is 1.42. The van der Waals surface area contributed by atoms with Crippen molar-refractivity contribution in [3.63, 3.8) is 0 Å². The molecule has 16 heavy (non-hydrogen) atoms. The van der Waals surface area contributed by atoms with Crippen molar-refractivity contribution in [2.45, 2.75) is 13.2 Å². The van der Waals surface area contributed by atoms with Gasteiger partial charge in [0, 0.05) is 15.0 Å². The molecule has 0 saturated heterocycles. The van der Waals surface area contributed by atoms with Gasteiger partial charge in [-0.05, 0) is 35.2 Å². The molecular formula is C12H12BrNOS. The van der Waals surface area contributed by atoms with Crippen LogP contribution in [-0.2, 0) is 18.0 Å². The lowest BCUT2D eigenvalue weighted by Crippen LogP contribution is -1.94. The van der Waals surface area contributed by atoms with Gasteiger partial charge >= 0.3 is 0 Å². The van der Waals surface area contributed by atoms with Gasteiger partial charge in [-0.25, -0.2) is 0 Å². The zero-order chi connectivity index (χ0) is 11.4. The fraction of sp³-hybridized carbons (Fsp3) is 0.167. The molecule has 2 nitrogen and oxygen atoms in total. The lowest BCUT2D eigenvalue weighted by atomic mass is 10.2. The zero-order valence-corrected chi connectivity index (χ0v) is 11.1. The van der Waals surface area contributed by atoms with Crippen LogP contribution in [0.15, 0.2) is 40.2 Å². The first kappa shape index (κ1) is 11.6. The van der Waals surface area contributed by atoms with Gasteiger partial charge in [-0.15, -0.1) is 11.3 Å². The van der Waals surface area contributed by atoms with E-state index in [1.165, 1.54) is 4.88 Å². The maximum atomic E-state index is 5.74. The second-order valence-electron chi connectivity index (χ2n) is 3.46. The second-order valence-corrected chi connectivity index (χ2v) is 5.41. The highest BCUT2D eigenvalue weighted by Gasteiger charge is 1.99. The van der Waals surface area contributed by atoms with E-state index in [0.717, 1.165) is 15.7 Å². The predicted molar refractivity (Wildman–Crippen MR) is 71.4 cm³/mol. The molecule has 0 unspecified atom stereocenters. The van der Waals surface area contributed by atoms with Gasteiger partial charge in [0.15, 0.2) is 0 Å². The summed E-state index contributed by atoms with van der Waals surface area (Å²) in [5.41, 5.74) is 7.58. The lowest BCUT2D eigenvalue weighted by Gasteiger charge is -2.05. The molecule has 1 aromatic carbocycles. The summed E-state index contributed by atoms with van der Waals surface area (Å²) in [5, 5.41) is 2.05. The highest BCUT2D eigenvalue weighted by Crippen LogP contribution is 2.18. The van der Waals surface area contributed by atoms with E-state index in [4.69, 9.17) is 10.5 Å². The molecule has 4 heteroatoms. The third kappa shape index (κ3) is 3.33. The van der Waals surface area contributed by atoms with Crippen molar-refractivity contribution in [2.24, 2.45) is 0 Å². The van der Waals surface area contributed by atoms with Gasteiger partial charge in [0.25, 0.3) is 0 Å². The minimum Gasteiger partial charge on any atom is -0.399 e. The Morgan fingerprint density at radius 2 is 2.12 bits per heavy atom. The van der Waals surface area contributed by atoms with Crippen molar-refractivity contribution in [1.82, 2.24) is 0 Å². The molecule has 0 aliphatic rings. The average Bonchev–Trinajstić information content (AvgIpc) is 2.69. The van der Waals surface area contributed by atoms with Crippen LogP contribution in [-0.4, -0.2) is 0 Å². The third-order valence-corrected chi connectivity index (χ3v) is 3.38. The van der Waals surface area contributed by atoms with Crippen molar-refractivity contribution in [1.29, 1.82) is 0 Å². The number of thiophene rings is 1. The molecule has 0 fully saturated rings. The number of benzene rings is 1. The molecule has 0 radical (unpaired) electrons. The molecule has 2 rings (SSSR count). The van der Waals surface area contributed by atoms with Gasteiger partial charge in [0.2, 0.25) is 0 Å². The molecule has 0 aliphatic heterocycles. The number of rotatable bonds is 4. The van der Waals surface area contributed by atoms with Crippen molar-refractivity contribution in [2.75, 3.05) is 5.73 Å². The lowest BCUT2D eigenvalue weighted by molar-refractivity contribution is 0.109. The van der Waals surface area contributed by atoms with Gasteiger partial charge in [-0.2, -0.15) is 0 Å². The predicted octanol–water partition coefficient (Wildman–Crippen LogP) is 3.81. The Bertz CT molecular complexity index is 436. The normalized spacial score (nSPS) is 10.6. The molecule has 0 aliphatic carbocycles. The number of nitrogen functional groups attached to an aromatic ring is 1. The van der Waals surface area contributed by atoms with Crippen LogP contribution < -0.4 is 5.73 Å². The third-order valence-electron chi connectivity index (χ3n) is 2.07. The Labute approximate surface area is 107 Å². The number of nitrogens with two attached hydrogens (primary N) is 1. The topological polar surface area (TPSA) is 35.2 Å². The average molecular weight is 298 g/mol. The van der Waals surface area contributed by atoms with E-state index < -0.39 is 0 Å². The Hall–Kier alpha value is -0.840. The number of hydrogen-bond donors (Lipinski definition) is 1. The monoisotopic (exact) mass is 297 g/mol. The Balaban J connectivity index is 1.89. The maximum Gasteiger partial charge on any atom is 0.0813 e. The number of anilines is 1. The van der Waals surface area contributed by atoms with Crippen molar-refractivity contribution in [3.05, 3.63) is 50.6 Å². The number of hydrogen-bond acceptors (Lipinski definition) is 3. The quantitative estimate of drug-likeness (QED) is 0.871. The molecule has 0 amide bonds. The Kier molecular flexibility index (Phi) is 3.98. The second kappa shape index (κ2) is 5.48. The van der Waals surface area contributed by atoms with Crippen LogP contribution in [0.25, 0.3) is 0 Å². The van der Waals surface area contributed by atoms with E-state index in [2.05, 4.69) is 27.4 Å². The van der Waals surface area contributed by atoms with Crippen LogP contribution in [0.1, 0.15) is 10.4 Å². The summed E-state index contributed by atoms with van der Waals surface area (Å²) in [6.07, 6.45) is 0. The molecule has 1 aromatic heterocycles. The fourth-order valence-corrected chi connectivity index (χ4v) is 2.62. The van der Waals surface area contributed by atoms with Crippen LogP contribution in [0.3, 0.4) is 0 Å².